The Morgan fingerprint density at radius 2 is 1.95 bits per heavy atom. The number of nitrogens with zero attached hydrogens (tertiary/aromatic N) is 3. The van der Waals surface area contributed by atoms with E-state index in [1.165, 1.54) is 0 Å². The van der Waals surface area contributed by atoms with Crippen LogP contribution in [0.3, 0.4) is 0 Å². The number of halogens is 2. The maximum atomic E-state index is 4.55. The summed E-state index contributed by atoms with van der Waals surface area (Å²) in [5.74, 6) is 1.49. The van der Waals surface area contributed by atoms with Crippen LogP contribution < -0.4 is 5.32 Å². The van der Waals surface area contributed by atoms with Gasteiger partial charge in [0.2, 0.25) is 0 Å². The van der Waals surface area contributed by atoms with Crippen LogP contribution in [0, 0.1) is 13.8 Å². The summed E-state index contributed by atoms with van der Waals surface area (Å²) in [6.07, 6.45) is 1.74. The molecule has 2 heterocycles. The minimum absolute atomic E-state index is 0.624. The maximum Gasteiger partial charge on any atom is 0.181 e. The van der Waals surface area contributed by atoms with Gasteiger partial charge in [-0.15, -0.1) is 0 Å². The highest BCUT2D eigenvalue weighted by Crippen LogP contribution is 2.28. The molecule has 19 heavy (non-hydrogen) atoms. The van der Waals surface area contributed by atoms with E-state index in [4.69, 9.17) is 0 Å². The minimum atomic E-state index is 0.624. The zero-order chi connectivity index (χ0) is 14.0. The van der Waals surface area contributed by atoms with Gasteiger partial charge in [0.25, 0.3) is 0 Å². The molecule has 0 bridgehead atoms. The monoisotopic (exact) mass is 384 g/mol. The lowest BCUT2D eigenvalue weighted by Gasteiger charge is -2.11. The third kappa shape index (κ3) is 3.12. The first-order valence-electron chi connectivity index (χ1n) is 5.93. The van der Waals surface area contributed by atoms with Crippen LogP contribution in [0.1, 0.15) is 18.2 Å². The predicted molar refractivity (Wildman–Crippen MR) is 84.3 cm³/mol. The van der Waals surface area contributed by atoms with Gasteiger partial charge in [-0.3, -0.25) is 4.98 Å². The Morgan fingerprint density at radius 1 is 1.21 bits per heavy atom. The Labute approximate surface area is 129 Å². The minimum Gasteiger partial charge on any atom is -0.370 e. The molecule has 0 fully saturated rings. The standard InChI is InChI=1S/C13H14Br2N4/c1-4-16-12-7(2)8(3)18-13(19-12)11-10(15)5-9(14)6-17-11/h5-6H,4H2,1-3H3,(H,16,18,19). The second-order valence-electron chi connectivity index (χ2n) is 4.12. The van der Waals surface area contributed by atoms with Gasteiger partial charge >= 0.3 is 0 Å². The average molecular weight is 386 g/mol. The van der Waals surface area contributed by atoms with Crippen molar-refractivity contribution in [2.45, 2.75) is 20.8 Å². The lowest BCUT2D eigenvalue weighted by atomic mass is 10.2. The van der Waals surface area contributed by atoms with E-state index in [2.05, 4.69) is 52.1 Å². The zero-order valence-corrected chi connectivity index (χ0v) is 14.1. The first kappa shape index (κ1) is 14.4. The molecular weight excluding hydrogens is 372 g/mol. The van der Waals surface area contributed by atoms with Crippen molar-refractivity contribution in [2.24, 2.45) is 0 Å². The molecule has 6 heteroatoms. The molecule has 1 N–H and O–H groups in total. The maximum absolute atomic E-state index is 4.55. The van der Waals surface area contributed by atoms with Crippen molar-refractivity contribution in [3.05, 3.63) is 32.5 Å². The van der Waals surface area contributed by atoms with Crippen LogP contribution in [0.4, 0.5) is 5.82 Å². The van der Waals surface area contributed by atoms with Crippen LogP contribution >= 0.6 is 31.9 Å². The predicted octanol–water partition coefficient (Wildman–Crippen LogP) is 4.11. The second-order valence-corrected chi connectivity index (χ2v) is 5.89. The van der Waals surface area contributed by atoms with E-state index in [1.54, 1.807) is 6.20 Å². The molecule has 0 aliphatic heterocycles. The number of anilines is 1. The summed E-state index contributed by atoms with van der Waals surface area (Å²) >= 11 is 6.89. The molecule has 2 rings (SSSR count). The second kappa shape index (κ2) is 5.96. The van der Waals surface area contributed by atoms with Crippen LogP contribution in [0.25, 0.3) is 11.5 Å². The van der Waals surface area contributed by atoms with Crippen molar-refractivity contribution in [2.75, 3.05) is 11.9 Å². The molecule has 2 aromatic heterocycles. The van der Waals surface area contributed by atoms with Crippen molar-refractivity contribution >= 4 is 37.7 Å². The van der Waals surface area contributed by atoms with Crippen molar-refractivity contribution < 1.29 is 0 Å². The average Bonchev–Trinajstić information content (AvgIpc) is 2.35. The van der Waals surface area contributed by atoms with Gasteiger partial charge in [-0.1, -0.05) is 0 Å². The van der Waals surface area contributed by atoms with E-state index >= 15 is 0 Å². The lowest BCUT2D eigenvalue weighted by Crippen LogP contribution is -2.06. The zero-order valence-electron chi connectivity index (χ0n) is 11.0. The molecule has 0 aromatic carbocycles. The van der Waals surface area contributed by atoms with Gasteiger partial charge in [-0.05, 0) is 58.7 Å². The number of aryl methyl sites for hydroxylation is 1. The third-order valence-corrected chi connectivity index (χ3v) is 3.79. The van der Waals surface area contributed by atoms with Gasteiger partial charge in [-0.2, -0.15) is 0 Å². The van der Waals surface area contributed by atoms with Crippen LogP contribution in [-0.2, 0) is 0 Å². The van der Waals surface area contributed by atoms with Crippen LogP contribution in [0.15, 0.2) is 21.2 Å². The fraction of sp³-hybridized carbons (Fsp3) is 0.308. The van der Waals surface area contributed by atoms with Crippen molar-refractivity contribution in [1.82, 2.24) is 15.0 Å². The highest BCUT2D eigenvalue weighted by atomic mass is 79.9. The smallest absolute Gasteiger partial charge is 0.181 e. The molecule has 4 nitrogen and oxygen atoms in total. The van der Waals surface area contributed by atoms with Gasteiger partial charge in [0.15, 0.2) is 5.82 Å². The molecule has 0 spiro atoms. The largest absolute Gasteiger partial charge is 0.370 e. The van der Waals surface area contributed by atoms with Gasteiger partial charge < -0.3 is 5.32 Å². The molecule has 0 radical (unpaired) electrons. The van der Waals surface area contributed by atoms with Crippen LogP contribution in [-0.4, -0.2) is 21.5 Å². The number of rotatable bonds is 3. The van der Waals surface area contributed by atoms with E-state index in [1.807, 2.05) is 26.8 Å². The number of aromatic nitrogens is 3. The molecule has 0 saturated heterocycles. The molecule has 0 saturated carbocycles. The molecular formula is C13H14Br2N4. The molecule has 100 valence electrons. The summed E-state index contributed by atoms with van der Waals surface area (Å²) in [4.78, 5) is 13.4. The molecule has 2 aromatic rings. The highest BCUT2D eigenvalue weighted by Gasteiger charge is 2.13. The lowest BCUT2D eigenvalue weighted by molar-refractivity contribution is 1.03. The van der Waals surface area contributed by atoms with E-state index in [9.17, 15) is 0 Å². The summed E-state index contributed by atoms with van der Waals surface area (Å²) < 4.78 is 1.78. The Hall–Kier alpha value is -1.01. The summed E-state index contributed by atoms with van der Waals surface area (Å²) in [5.41, 5.74) is 2.77. The van der Waals surface area contributed by atoms with Gasteiger partial charge in [0, 0.05) is 32.9 Å². The van der Waals surface area contributed by atoms with E-state index in [-0.39, 0.29) is 0 Å². The number of pyridine rings is 1. The van der Waals surface area contributed by atoms with Crippen molar-refractivity contribution in [3.63, 3.8) is 0 Å². The number of hydrogen-bond acceptors (Lipinski definition) is 4. The third-order valence-electron chi connectivity index (χ3n) is 2.75. The summed E-state index contributed by atoms with van der Waals surface area (Å²) in [6, 6.07) is 1.94. The molecule has 0 amide bonds. The molecule has 0 aliphatic rings. The summed E-state index contributed by atoms with van der Waals surface area (Å²) in [7, 11) is 0. The quantitative estimate of drug-likeness (QED) is 0.863. The van der Waals surface area contributed by atoms with Gasteiger partial charge in [-0.25, -0.2) is 9.97 Å². The van der Waals surface area contributed by atoms with Crippen LogP contribution in [0.5, 0.6) is 0 Å². The van der Waals surface area contributed by atoms with Crippen LogP contribution in [0.2, 0.25) is 0 Å². The molecule has 0 unspecified atom stereocenters. The molecule has 0 aliphatic carbocycles. The fourth-order valence-electron chi connectivity index (χ4n) is 1.65. The topological polar surface area (TPSA) is 50.7 Å². The van der Waals surface area contributed by atoms with E-state index in [0.29, 0.717) is 5.82 Å². The fourth-order valence-corrected chi connectivity index (χ4v) is 2.82. The van der Waals surface area contributed by atoms with Crippen molar-refractivity contribution in [1.29, 1.82) is 0 Å². The first-order chi connectivity index (χ1) is 9.02. The number of hydrogen-bond donors (Lipinski definition) is 1. The van der Waals surface area contributed by atoms with E-state index in [0.717, 1.165) is 38.3 Å². The first-order valence-corrected chi connectivity index (χ1v) is 7.52. The Balaban J connectivity index is 2.56. The van der Waals surface area contributed by atoms with Gasteiger partial charge in [0.05, 0.1) is 0 Å². The summed E-state index contributed by atoms with van der Waals surface area (Å²) in [6.45, 7) is 6.87. The van der Waals surface area contributed by atoms with E-state index < -0.39 is 0 Å². The Bertz CT molecular complexity index is 614. The Morgan fingerprint density at radius 3 is 2.58 bits per heavy atom. The van der Waals surface area contributed by atoms with Crippen molar-refractivity contribution in [3.8, 4) is 11.5 Å². The molecule has 0 atom stereocenters. The van der Waals surface area contributed by atoms with Gasteiger partial charge in [0.1, 0.15) is 11.5 Å². The highest BCUT2D eigenvalue weighted by molar-refractivity contribution is 9.11. The summed E-state index contributed by atoms with van der Waals surface area (Å²) in [5, 5.41) is 3.25. The normalized spacial score (nSPS) is 10.6. The number of nitrogens with one attached hydrogen (secondary N) is 1. The Kier molecular flexibility index (Phi) is 4.52. The SMILES string of the molecule is CCNc1nc(-c2ncc(Br)cc2Br)nc(C)c1C.